The third-order valence-electron chi connectivity index (χ3n) is 11.0. The lowest BCUT2D eigenvalue weighted by Crippen LogP contribution is -2.00. The highest BCUT2D eigenvalue weighted by molar-refractivity contribution is 6.19. The van der Waals surface area contributed by atoms with E-state index in [9.17, 15) is 0 Å². The van der Waals surface area contributed by atoms with Gasteiger partial charge in [-0.3, -0.25) is 0 Å². The van der Waals surface area contributed by atoms with E-state index in [-0.39, 0.29) is 0 Å². The molecule has 2 aromatic heterocycles. The normalized spacial score (nSPS) is 11.5. The van der Waals surface area contributed by atoms with Crippen molar-refractivity contribution < 1.29 is 4.42 Å². The van der Waals surface area contributed by atoms with E-state index in [4.69, 9.17) is 19.4 Å². The van der Waals surface area contributed by atoms with Gasteiger partial charge in [0.05, 0.1) is 0 Å². The molecule has 4 nitrogen and oxygen atoms in total. The molecule has 266 valence electrons. The van der Waals surface area contributed by atoms with Crippen molar-refractivity contribution in [3.8, 4) is 67.5 Å². The smallest absolute Gasteiger partial charge is 0.164 e. The van der Waals surface area contributed by atoms with Gasteiger partial charge in [0.1, 0.15) is 11.2 Å². The number of hydrogen-bond donors (Lipinski definition) is 0. The standard InChI is InChI=1S/C53H33N3O/c1-3-12-34(13-4-1)35-22-24-36(25-23-35)41-30-31-45-47-33-48(44-19-9-10-20-46(44)50(47)57-49(45)32-41)53-55-51(39-15-5-2-6-16-39)54-52(56-53)40-28-26-38(27-29-40)43-21-11-17-37-14-7-8-18-42(37)43/h1-33H. The molecule has 0 radical (unpaired) electrons. The Kier molecular flexibility index (Phi) is 7.78. The van der Waals surface area contributed by atoms with E-state index < -0.39 is 0 Å². The summed E-state index contributed by atoms with van der Waals surface area (Å²) < 4.78 is 6.72. The summed E-state index contributed by atoms with van der Waals surface area (Å²) >= 11 is 0. The number of nitrogens with zero attached hydrogens (tertiary/aromatic N) is 3. The largest absolute Gasteiger partial charge is 0.455 e. The average molecular weight is 728 g/mol. The Balaban J connectivity index is 1.04. The first kappa shape index (κ1) is 32.7. The molecular formula is C53H33N3O. The van der Waals surface area contributed by atoms with Gasteiger partial charge in [0.15, 0.2) is 17.5 Å². The van der Waals surface area contributed by atoms with Crippen molar-refractivity contribution in [1.29, 1.82) is 0 Å². The molecule has 4 heteroatoms. The van der Waals surface area contributed by atoms with Crippen molar-refractivity contribution in [2.75, 3.05) is 0 Å². The minimum Gasteiger partial charge on any atom is -0.455 e. The van der Waals surface area contributed by atoms with Gasteiger partial charge in [-0.05, 0) is 67.7 Å². The predicted molar refractivity (Wildman–Crippen MR) is 235 cm³/mol. The molecule has 0 aliphatic carbocycles. The SMILES string of the molecule is c1ccc(-c2ccc(-c3ccc4c(c3)oc3c5ccccc5c(-c5nc(-c6ccccc6)nc(-c6ccc(-c7cccc8ccccc78)cc6)n5)cc43)cc2)cc1. The van der Waals surface area contributed by atoms with Gasteiger partial charge in [-0.25, -0.2) is 15.0 Å². The maximum Gasteiger partial charge on any atom is 0.164 e. The first-order chi connectivity index (χ1) is 28.2. The molecule has 0 saturated carbocycles. The lowest BCUT2D eigenvalue weighted by atomic mass is 9.97. The van der Waals surface area contributed by atoms with E-state index >= 15 is 0 Å². The van der Waals surface area contributed by atoms with Crippen LogP contribution in [0, 0.1) is 0 Å². The molecule has 0 aliphatic rings. The van der Waals surface area contributed by atoms with Crippen molar-refractivity contribution >= 4 is 43.5 Å². The Morgan fingerprint density at radius 1 is 0.281 bits per heavy atom. The Hall–Kier alpha value is -7.69. The van der Waals surface area contributed by atoms with E-state index in [1.54, 1.807) is 0 Å². The first-order valence-electron chi connectivity index (χ1n) is 19.2. The van der Waals surface area contributed by atoms with Crippen LogP contribution < -0.4 is 0 Å². The fourth-order valence-electron chi connectivity index (χ4n) is 8.07. The predicted octanol–water partition coefficient (Wildman–Crippen LogP) is 14.1. The summed E-state index contributed by atoms with van der Waals surface area (Å²) in [6.45, 7) is 0. The fourth-order valence-corrected chi connectivity index (χ4v) is 8.07. The summed E-state index contributed by atoms with van der Waals surface area (Å²) in [7, 11) is 0. The monoisotopic (exact) mass is 727 g/mol. The summed E-state index contributed by atoms with van der Waals surface area (Å²) in [5.74, 6) is 1.85. The van der Waals surface area contributed by atoms with Crippen molar-refractivity contribution in [1.82, 2.24) is 15.0 Å². The molecule has 0 fully saturated rings. The second-order valence-electron chi connectivity index (χ2n) is 14.4. The number of fused-ring (bicyclic) bond motifs is 6. The van der Waals surface area contributed by atoms with Crippen LogP contribution >= 0.6 is 0 Å². The second-order valence-corrected chi connectivity index (χ2v) is 14.4. The Morgan fingerprint density at radius 2 is 0.789 bits per heavy atom. The minimum absolute atomic E-state index is 0.611. The van der Waals surface area contributed by atoms with Crippen LogP contribution in [0.25, 0.3) is 111 Å². The number of furan rings is 1. The zero-order valence-corrected chi connectivity index (χ0v) is 30.8. The third kappa shape index (κ3) is 5.83. The number of hydrogen-bond acceptors (Lipinski definition) is 4. The Morgan fingerprint density at radius 3 is 1.53 bits per heavy atom. The topological polar surface area (TPSA) is 51.8 Å². The maximum absolute atomic E-state index is 6.72. The molecule has 57 heavy (non-hydrogen) atoms. The van der Waals surface area contributed by atoms with Crippen LogP contribution in [0.5, 0.6) is 0 Å². The van der Waals surface area contributed by atoms with Crippen LogP contribution in [0.1, 0.15) is 0 Å². The zero-order valence-electron chi connectivity index (χ0n) is 30.8. The van der Waals surface area contributed by atoms with Gasteiger partial charge < -0.3 is 4.42 Å². The lowest BCUT2D eigenvalue weighted by Gasteiger charge is -2.12. The van der Waals surface area contributed by atoms with E-state index in [1.807, 2.05) is 36.4 Å². The zero-order chi connectivity index (χ0) is 37.7. The van der Waals surface area contributed by atoms with E-state index in [2.05, 4.69) is 164 Å². The molecule has 2 heterocycles. The molecule has 11 aromatic rings. The van der Waals surface area contributed by atoms with Gasteiger partial charge in [-0.15, -0.1) is 0 Å². The van der Waals surface area contributed by atoms with Gasteiger partial charge in [0.25, 0.3) is 0 Å². The lowest BCUT2D eigenvalue weighted by molar-refractivity contribution is 0.673. The molecule has 9 aromatic carbocycles. The van der Waals surface area contributed by atoms with E-state index in [0.717, 1.165) is 66.1 Å². The summed E-state index contributed by atoms with van der Waals surface area (Å²) in [6.07, 6.45) is 0. The third-order valence-corrected chi connectivity index (χ3v) is 11.0. The van der Waals surface area contributed by atoms with Crippen LogP contribution in [0.2, 0.25) is 0 Å². The summed E-state index contributed by atoms with van der Waals surface area (Å²) in [5.41, 5.74) is 11.4. The van der Waals surface area contributed by atoms with Gasteiger partial charge >= 0.3 is 0 Å². The minimum atomic E-state index is 0.611. The highest BCUT2D eigenvalue weighted by atomic mass is 16.3. The van der Waals surface area contributed by atoms with Gasteiger partial charge in [0, 0.05) is 32.8 Å². The number of benzene rings is 9. The van der Waals surface area contributed by atoms with Crippen molar-refractivity contribution in [3.63, 3.8) is 0 Å². The molecule has 0 bridgehead atoms. The van der Waals surface area contributed by atoms with Crippen LogP contribution in [0.15, 0.2) is 205 Å². The Bertz CT molecular complexity index is 3260. The highest BCUT2D eigenvalue weighted by Crippen LogP contribution is 2.41. The number of rotatable bonds is 6. The average Bonchev–Trinajstić information content (AvgIpc) is 3.67. The molecule has 11 rings (SSSR count). The molecule has 0 atom stereocenters. The van der Waals surface area contributed by atoms with Crippen molar-refractivity contribution in [2.24, 2.45) is 0 Å². The summed E-state index contributed by atoms with van der Waals surface area (Å²) in [5, 5.41) is 6.54. The maximum atomic E-state index is 6.72. The van der Waals surface area contributed by atoms with Gasteiger partial charge in [-0.2, -0.15) is 0 Å². The molecule has 0 spiro atoms. The molecule has 0 aliphatic heterocycles. The van der Waals surface area contributed by atoms with Crippen LogP contribution in [0.3, 0.4) is 0 Å². The van der Waals surface area contributed by atoms with Crippen LogP contribution in [-0.4, -0.2) is 15.0 Å². The molecule has 0 saturated heterocycles. The van der Waals surface area contributed by atoms with Crippen LogP contribution in [-0.2, 0) is 0 Å². The van der Waals surface area contributed by atoms with Crippen molar-refractivity contribution in [2.45, 2.75) is 0 Å². The molecule has 0 N–H and O–H groups in total. The van der Waals surface area contributed by atoms with Gasteiger partial charge in [-0.1, -0.05) is 182 Å². The number of aromatic nitrogens is 3. The van der Waals surface area contributed by atoms with Gasteiger partial charge in [0.2, 0.25) is 0 Å². The second kappa shape index (κ2) is 13.6. The summed E-state index contributed by atoms with van der Waals surface area (Å²) in [4.78, 5) is 15.4. The Labute approximate surface area is 329 Å². The first-order valence-corrected chi connectivity index (χ1v) is 19.2. The molecule has 0 amide bonds. The molecule has 0 unspecified atom stereocenters. The highest BCUT2D eigenvalue weighted by Gasteiger charge is 2.19. The quantitative estimate of drug-likeness (QED) is 0.171. The fraction of sp³-hybridized carbons (Fsp3) is 0. The molecular weight excluding hydrogens is 695 g/mol. The van der Waals surface area contributed by atoms with E-state index in [1.165, 1.54) is 27.5 Å². The van der Waals surface area contributed by atoms with Crippen molar-refractivity contribution in [3.05, 3.63) is 200 Å². The van der Waals surface area contributed by atoms with E-state index in [0.29, 0.717) is 17.5 Å². The van der Waals surface area contributed by atoms with Crippen LogP contribution in [0.4, 0.5) is 0 Å². The summed E-state index contributed by atoms with van der Waals surface area (Å²) in [6, 6.07) is 69.9.